The molecule has 0 aliphatic carbocycles. The third-order valence-electron chi connectivity index (χ3n) is 2.64. The molecule has 2 rings (SSSR count). The molecule has 1 atom stereocenters. The first-order valence-corrected chi connectivity index (χ1v) is 5.49. The summed E-state index contributed by atoms with van der Waals surface area (Å²) in [6.07, 6.45) is 1.53. The maximum atomic E-state index is 11.6. The number of ether oxygens (including phenoxy) is 1. The third kappa shape index (κ3) is 2.73. The van der Waals surface area contributed by atoms with Crippen molar-refractivity contribution in [1.82, 2.24) is 5.32 Å². The second kappa shape index (κ2) is 4.99. The lowest BCUT2D eigenvalue weighted by Crippen LogP contribution is -2.33. The first-order chi connectivity index (χ1) is 7.75. The van der Waals surface area contributed by atoms with E-state index in [-0.39, 0.29) is 12.0 Å². The van der Waals surface area contributed by atoms with Crippen LogP contribution in [0.25, 0.3) is 0 Å². The van der Waals surface area contributed by atoms with Gasteiger partial charge in [-0.05, 0) is 30.5 Å². The third-order valence-corrected chi connectivity index (χ3v) is 2.64. The number of carbonyl (C=O) groups is 1. The summed E-state index contributed by atoms with van der Waals surface area (Å²) in [5.41, 5.74) is 7.37. The van der Waals surface area contributed by atoms with Crippen LogP contribution in [0.1, 0.15) is 18.4 Å². The fourth-order valence-corrected chi connectivity index (χ4v) is 1.79. The highest BCUT2D eigenvalue weighted by Gasteiger charge is 2.22. The lowest BCUT2D eigenvalue weighted by molar-refractivity contribution is -0.130. The topological polar surface area (TPSA) is 64.3 Å². The molecule has 1 aromatic rings. The molecule has 1 aliphatic heterocycles. The van der Waals surface area contributed by atoms with Gasteiger partial charge < -0.3 is 15.8 Å². The van der Waals surface area contributed by atoms with Crippen molar-refractivity contribution >= 4 is 11.6 Å². The van der Waals surface area contributed by atoms with Crippen LogP contribution in [0.3, 0.4) is 0 Å². The molecule has 3 N–H and O–H groups in total. The monoisotopic (exact) mass is 220 g/mol. The predicted molar refractivity (Wildman–Crippen MR) is 61.7 cm³/mol. The summed E-state index contributed by atoms with van der Waals surface area (Å²) >= 11 is 0. The molecule has 4 nitrogen and oxygen atoms in total. The summed E-state index contributed by atoms with van der Waals surface area (Å²) in [5.74, 6) is -0.0278. The Morgan fingerprint density at radius 3 is 3.12 bits per heavy atom. The minimum Gasteiger partial charge on any atom is -0.399 e. The smallest absolute Gasteiger partial charge is 0.249 e. The van der Waals surface area contributed by atoms with Gasteiger partial charge in [0.15, 0.2) is 0 Å². The van der Waals surface area contributed by atoms with Crippen LogP contribution < -0.4 is 11.1 Å². The number of carbonyl (C=O) groups excluding carboxylic acids is 1. The molecule has 1 unspecified atom stereocenters. The second-order valence-corrected chi connectivity index (χ2v) is 3.96. The van der Waals surface area contributed by atoms with Crippen molar-refractivity contribution in [2.75, 3.05) is 12.3 Å². The molecule has 1 fully saturated rings. The summed E-state index contributed by atoms with van der Waals surface area (Å²) in [6, 6.07) is 7.50. The Balaban J connectivity index is 1.84. The van der Waals surface area contributed by atoms with Crippen molar-refractivity contribution in [3.8, 4) is 0 Å². The van der Waals surface area contributed by atoms with Crippen LogP contribution in [0.15, 0.2) is 24.3 Å². The summed E-state index contributed by atoms with van der Waals surface area (Å²) < 4.78 is 5.29. The maximum absolute atomic E-state index is 11.6. The van der Waals surface area contributed by atoms with Crippen LogP contribution in [-0.2, 0) is 16.1 Å². The van der Waals surface area contributed by atoms with Crippen molar-refractivity contribution in [3.63, 3.8) is 0 Å². The van der Waals surface area contributed by atoms with Crippen molar-refractivity contribution in [1.29, 1.82) is 0 Å². The van der Waals surface area contributed by atoms with E-state index in [4.69, 9.17) is 10.5 Å². The number of anilines is 1. The average Bonchev–Trinajstić information content (AvgIpc) is 2.79. The van der Waals surface area contributed by atoms with Crippen molar-refractivity contribution in [2.45, 2.75) is 25.5 Å². The molecule has 16 heavy (non-hydrogen) atoms. The normalized spacial score (nSPS) is 19.6. The summed E-state index contributed by atoms with van der Waals surface area (Å²) in [7, 11) is 0. The zero-order valence-corrected chi connectivity index (χ0v) is 9.11. The summed E-state index contributed by atoms with van der Waals surface area (Å²) in [5, 5.41) is 2.85. The molecular weight excluding hydrogens is 204 g/mol. The Labute approximate surface area is 94.8 Å². The minimum absolute atomic E-state index is 0.0278. The van der Waals surface area contributed by atoms with E-state index >= 15 is 0 Å². The van der Waals surface area contributed by atoms with E-state index in [9.17, 15) is 4.79 Å². The SMILES string of the molecule is Nc1cccc(CNC(=O)C2CCCO2)c1. The Bertz CT molecular complexity index is 373. The second-order valence-electron chi connectivity index (χ2n) is 3.96. The van der Waals surface area contributed by atoms with Gasteiger partial charge in [0.25, 0.3) is 0 Å². The van der Waals surface area contributed by atoms with Crippen LogP contribution in [0, 0.1) is 0 Å². The molecule has 1 aliphatic rings. The molecule has 86 valence electrons. The van der Waals surface area contributed by atoms with Gasteiger partial charge in [-0.15, -0.1) is 0 Å². The van der Waals surface area contributed by atoms with E-state index in [1.165, 1.54) is 0 Å². The highest BCUT2D eigenvalue weighted by molar-refractivity contribution is 5.80. The number of hydrogen-bond acceptors (Lipinski definition) is 3. The zero-order chi connectivity index (χ0) is 11.4. The summed E-state index contributed by atoms with van der Waals surface area (Å²) in [4.78, 5) is 11.6. The van der Waals surface area contributed by atoms with E-state index in [1.54, 1.807) is 0 Å². The van der Waals surface area contributed by atoms with Crippen LogP contribution in [0.2, 0.25) is 0 Å². The van der Waals surface area contributed by atoms with Crippen LogP contribution in [0.4, 0.5) is 5.69 Å². The number of nitrogens with two attached hydrogens (primary N) is 1. The van der Waals surface area contributed by atoms with E-state index in [1.807, 2.05) is 24.3 Å². The van der Waals surface area contributed by atoms with Crippen LogP contribution >= 0.6 is 0 Å². The number of benzene rings is 1. The van der Waals surface area contributed by atoms with Crippen molar-refractivity contribution < 1.29 is 9.53 Å². The van der Waals surface area contributed by atoms with Gasteiger partial charge in [0.05, 0.1) is 0 Å². The van der Waals surface area contributed by atoms with E-state index < -0.39 is 0 Å². The molecule has 0 radical (unpaired) electrons. The quantitative estimate of drug-likeness (QED) is 0.749. The van der Waals surface area contributed by atoms with Crippen molar-refractivity contribution in [3.05, 3.63) is 29.8 Å². The molecule has 4 heteroatoms. The lowest BCUT2D eigenvalue weighted by atomic mass is 10.2. The number of amides is 1. The maximum Gasteiger partial charge on any atom is 0.249 e. The zero-order valence-electron chi connectivity index (χ0n) is 9.11. The standard InChI is InChI=1S/C12H16N2O2/c13-10-4-1-3-9(7-10)8-14-12(15)11-5-2-6-16-11/h1,3-4,7,11H,2,5-6,8,13H2,(H,14,15). The van der Waals surface area contributed by atoms with Gasteiger partial charge in [-0.25, -0.2) is 0 Å². The number of nitrogen functional groups attached to an aromatic ring is 1. The Morgan fingerprint density at radius 1 is 1.56 bits per heavy atom. The molecule has 0 bridgehead atoms. The highest BCUT2D eigenvalue weighted by atomic mass is 16.5. The van der Waals surface area contributed by atoms with Gasteiger partial charge in [-0.1, -0.05) is 12.1 Å². The largest absolute Gasteiger partial charge is 0.399 e. The van der Waals surface area contributed by atoms with E-state index in [0.717, 1.165) is 18.4 Å². The van der Waals surface area contributed by atoms with Gasteiger partial charge in [0.1, 0.15) is 6.10 Å². The van der Waals surface area contributed by atoms with Gasteiger partial charge in [-0.3, -0.25) is 4.79 Å². The van der Waals surface area contributed by atoms with Crippen molar-refractivity contribution in [2.24, 2.45) is 0 Å². The molecule has 0 aromatic heterocycles. The Kier molecular flexibility index (Phi) is 3.41. The molecule has 1 heterocycles. The van der Waals surface area contributed by atoms with Gasteiger partial charge in [-0.2, -0.15) is 0 Å². The summed E-state index contributed by atoms with van der Waals surface area (Å²) in [6.45, 7) is 1.19. The fourth-order valence-electron chi connectivity index (χ4n) is 1.79. The fraction of sp³-hybridized carbons (Fsp3) is 0.417. The van der Waals surface area contributed by atoms with Gasteiger partial charge >= 0.3 is 0 Å². The van der Waals surface area contributed by atoms with Gasteiger partial charge in [0, 0.05) is 18.8 Å². The Morgan fingerprint density at radius 2 is 2.44 bits per heavy atom. The molecule has 0 saturated carbocycles. The molecule has 1 amide bonds. The molecule has 1 aromatic carbocycles. The molecule has 0 spiro atoms. The molecular formula is C12H16N2O2. The lowest BCUT2D eigenvalue weighted by Gasteiger charge is -2.10. The number of hydrogen-bond donors (Lipinski definition) is 2. The first kappa shape index (κ1) is 11.0. The highest BCUT2D eigenvalue weighted by Crippen LogP contribution is 2.12. The number of rotatable bonds is 3. The Hall–Kier alpha value is -1.55. The minimum atomic E-state index is -0.263. The van der Waals surface area contributed by atoms with Gasteiger partial charge in [0.2, 0.25) is 5.91 Å². The van der Waals surface area contributed by atoms with E-state index in [0.29, 0.717) is 18.8 Å². The van der Waals surface area contributed by atoms with E-state index in [2.05, 4.69) is 5.32 Å². The molecule has 1 saturated heterocycles. The number of nitrogens with one attached hydrogen (secondary N) is 1. The van der Waals surface area contributed by atoms with Crippen LogP contribution in [0.5, 0.6) is 0 Å². The first-order valence-electron chi connectivity index (χ1n) is 5.49. The average molecular weight is 220 g/mol. The predicted octanol–water partition coefficient (Wildman–Crippen LogP) is 1.06. The van der Waals surface area contributed by atoms with Crippen LogP contribution in [-0.4, -0.2) is 18.6 Å².